The van der Waals surface area contributed by atoms with Crippen molar-refractivity contribution in [3.05, 3.63) is 35.7 Å². The van der Waals surface area contributed by atoms with Gasteiger partial charge in [-0.1, -0.05) is 0 Å². The van der Waals surface area contributed by atoms with E-state index in [0.717, 1.165) is 73.9 Å². The lowest BCUT2D eigenvalue weighted by atomic mass is 9.95. The molecule has 6 heteroatoms. The molecule has 2 aromatic rings. The van der Waals surface area contributed by atoms with E-state index in [2.05, 4.69) is 38.2 Å². The zero-order valence-corrected chi connectivity index (χ0v) is 14.5. The Morgan fingerprint density at radius 3 is 2.72 bits per heavy atom. The minimum Gasteiger partial charge on any atom is -0.357 e. The molecule has 1 saturated heterocycles. The van der Waals surface area contributed by atoms with Gasteiger partial charge in [0.15, 0.2) is 0 Å². The van der Waals surface area contributed by atoms with Gasteiger partial charge in [-0.3, -0.25) is 4.79 Å². The Morgan fingerprint density at radius 2 is 1.96 bits per heavy atom. The molecule has 0 atom stereocenters. The predicted molar refractivity (Wildman–Crippen MR) is 97.0 cm³/mol. The Kier molecular flexibility index (Phi) is 3.19. The topological polar surface area (TPSA) is 64.3 Å². The van der Waals surface area contributed by atoms with Crippen LogP contribution >= 0.6 is 0 Å². The number of anilines is 1. The molecular formula is C19H23N5O. The van der Waals surface area contributed by atoms with Crippen molar-refractivity contribution in [3.8, 4) is 11.3 Å². The average molecular weight is 337 g/mol. The van der Waals surface area contributed by atoms with Gasteiger partial charge in [0, 0.05) is 61.3 Å². The highest BCUT2D eigenvalue weighted by atomic mass is 16.1. The number of aromatic amines is 1. The van der Waals surface area contributed by atoms with Crippen LogP contribution in [0.5, 0.6) is 0 Å². The second-order valence-corrected chi connectivity index (χ2v) is 7.63. The van der Waals surface area contributed by atoms with Crippen LogP contribution in [-0.2, 0) is 5.41 Å². The van der Waals surface area contributed by atoms with Crippen LogP contribution in [0.1, 0.15) is 28.9 Å². The zero-order valence-electron chi connectivity index (χ0n) is 14.5. The van der Waals surface area contributed by atoms with Crippen molar-refractivity contribution in [2.45, 2.75) is 18.3 Å². The van der Waals surface area contributed by atoms with Crippen molar-refractivity contribution in [3.63, 3.8) is 0 Å². The summed E-state index contributed by atoms with van der Waals surface area (Å²) in [6.45, 7) is 4.89. The first-order valence-electron chi connectivity index (χ1n) is 9.06. The number of carbonyl (C=O) groups excluding carboxylic acids is 1. The van der Waals surface area contributed by atoms with Crippen molar-refractivity contribution < 1.29 is 4.79 Å². The number of hydrogen-bond donors (Lipinski definition) is 2. The Morgan fingerprint density at radius 1 is 1.16 bits per heavy atom. The van der Waals surface area contributed by atoms with Gasteiger partial charge in [-0.15, -0.1) is 0 Å². The van der Waals surface area contributed by atoms with Crippen LogP contribution in [0.25, 0.3) is 11.3 Å². The number of rotatable bonds is 2. The quantitative estimate of drug-likeness (QED) is 0.874. The van der Waals surface area contributed by atoms with E-state index in [9.17, 15) is 4.79 Å². The fourth-order valence-corrected chi connectivity index (χ4v) is 4.01. The maximum atomic E-state index is 12.2. The number of fused-ring (bicyclic) bond motifs is 2. The number of likely N-dealkylation sites (N-methyl/N-ethyl adjacent to an activating group) is 1. The molecular weight excluding hydrogens is 314 g/mol. The third-order valence-electron chi connectivity index (χ3n) is 5.92. The standard InChI is InChI=1S/C19H23N5O/c1-23-6-8-24(9-7-23)16-10-13(2-5-20-16)15-11-14-17(22-15)19(3-4-19)12-21-18(14)25/h2,5,10-11,22H,3-4,6-9,12H2,1H3,(H,21,25). The lowest BCUT2D eigenvalue weighted by molar-refractivity contribution is 0.0937. The minimum atomic E-state index is 0.0448. The van der Waals surface area contributed by atoms with Crippen LogP contribution in [0.4, 0.5) is 5.82 Å². The van der Waals surface area contributed by atoms with Gasteiger partial charge in [0.25, 0.3) is 5.91 Å². The molecule has 4 heterocycles. The number of aromatic nitrogens is 2. The fourth-order valence-electron chi connectivity index (χ4n) is 4.01. The summed E-state index contributed by atoms with van der Waals surface area (Å²) in [5.74, 6) is 1.06. The van der Waals surface area contributed by atoms with Crippen LogP contribution in [0.15, 0.2) is 24.4 Å². The molecule has 0 unspecified atom stereocenters. The Hall–Kier alpha value is -2.34. The summed E-state index contributed by atoms with van der Waals surface area (Å²) in [5.41, 5.74) is 4.23. The van der Waals surface area contributed by atoms with E-state index in [1.54, 1.807) is 0 Å². The Labute approximate surface area is 147 Å². The molecule has 130 valence electrons. The molecule has 1 aliphatic carbocycles. The van der Waals surface area contributed by atoms with E-state index >= 15 is 0 Å². The monoisotopic (exact) mass is 337 g/mol. The second kappa shape index (κ2) is 5.33. The normalized spacial score (nSPS) is 22.0. The van der Waals surface area contributed by atoms with Gasteiger partial charge in [-0.25, -0.2) is 4.98 Å². The summed E-state index contributed by atoms with van der Waals surface area (Å²) in [4.78, 5) is 25.0. The van der Waals surface area contributed by atoms with Crippen molar-refractivity contribution >= 4 is 11.7 Å². The van der Waals surface area contributed by atoms with Gasteiger partial charge in [0.1, 0.15) is 5.82 Å². The van der Waals surface area contributed by atoms with Crippen molar-refractivity contribution in [1.82, 2.24) is 20.2 Å². The molecule has 25 heavy (non-hydrogen) atoms. The highest BCUT2D eigenvalue weighted by Crippen LogP contribution is 2.50. The van der Waals surface area contributed by atoms with Gasteiger partial charge in [-0.05, 0) is 38.1 Å². The number of H-pyrrole nitrogens is 1. The van der Waals surface area contributed by atoms with E-state index in [4.69, 9.17) is 0 Å². The van der Waals surface area contributed by atoms with Gasteiger partial charge in [-0.2, -0.15) is 0 Å². The van der Waals surface area contributed by atoms with Gasteiger partial charge < -0.3 is 20.1 Å². The summed E-state index contributed by atoms with van der Waals surface area (Å²) in [5, 5.41) is 3.04. The average Bonchev–Trinajstić information content (AvgIpc) is 3.26. The Bertz CT molecular complexity index is 830. The number of nitrogens with one attached hydrogen (secondary N) is 2. The molecule has 2 N–H and O–H groups in total. The van der Waals surface area contributed by atoms with E-state index in [0.29, 0.717) is 0 Å². The molecule has 3 aliphatic rings. The summed E-state index contributed by atoms with van der Waals surface area (Å²) in [7, 11) is 2.16. The largest absolute Gasteiger partial charge is 0.357 e. The molecule has 2 aromatic heterocycles. The van der Waals surface area contributed by atoms with Gasteiger partial charge >= 0.3 is 0 Å². The molecule has 1 spiro atoms. The number of amides is 1. The van der Waals surface area contributed by atoms with Crippen molar-refractivity contribution in [1.29, 1.82) is 0 Å². The SMILES string of the molecule is CN1CCN(c2cc(-c3cc4c([nH]3)C3(CC3)CNC4=O)ccn2)CC1. The first kappa shape index (κ1) is 15.0. The predicted octanol–water partition coefficient (Wildman–Crippen LogP) is 1.60. The van der Waals surface area contributed by atoms with Gasteiger partial charge in [0.05, 0.1) is 5.56 Å². The summed E-state index contributed by atoms with van der Waals surface area (Å²) < 4.78 is 0. The number of piperazine rings is 1. The summed E-state index contributed by atoms with van der Waals surface area (Å²) >= 11 is 0. The van der Waals surface area contributed by atoms with Gasteiger partial charge in [0.2, 0.25) is 0 Å². The van der Waals surface area contributed by atoms with E-state index in [1.807, 2.05) is 18.3 Å². The van der Waals surface area contributed by atoms with E-state index < -0.39 is 0 Å². The lowest BCUT2D eigenvalue weighted by Gasteiger charge is -2.33. The van der Waals surface area contributed by atoms with Crippen LogP contribution in [0.2, 0.25) is 0 Å². The number of pyridine rings is 1. The molecule has 1 amide bonds. The maximum Gasteiger partial charge on any atom is 0.253 e. The number of nitrogens with zero attached hydrogens (tertiary/aromatic N) is 3. The number of hydrogen-bond acceptors (Lipinski definition) is 4. The van der Waals surface area contributed by atoms with Crippen LogP contribution in [0.3, 0.4) is 0 Å². The van der Waals surface area contributed by atoms with E-state index in [-0.39, 0.29) is 11.3 Å². The lowest BCUT2D eigenvalue weighted by Crippen LogP contribution is -2.44. The second-order valence-electron chi connectivity index (χ2n) is 7.63. The molecule has 1 saturated carbocycles. The summed E-state index contributed by atoms with van der Waals surface area (Å²) in [6, 6.07) is 6.17. The highest BCUT2D eigenvalue weighted by Gasteiger charge is 2.50. The third kappa shape index (κ3) is 2.43. The maximum absolute atomic E-state index is 12.2. The zero-order chi connectivity index (χ0) is 17.0. The molecule has 0 aromatic carbocycles. The summed E-state index contributed by atoms with van der Waals surface area (Å²) in [6.07, 6.45) is 4.18. The highest BCUT2D eigenvalue weighted by molar-refractivity contribution is 5.98. The molecule has 2 fully saturated rings. The Balaban J connectivity index is 1.48. The molecule has 5 rings (SSSR count). The smallest absolute Gasteiger partial charge is 0.253 e. The molecule has 0 bridgehead atoms. The molecule has 6 nitrogen and oxygen atoms in total. The first-order valence-corrected chi connectivity index (χ1v) is 9.06. The van der Waals surface area contributed by atoms with Crippen molar-refractivity contribution in [2.75, 3.05) is 44.7 Å². The fraction of sp³-hybridized carbons (Fsp3) is 0.474. The number of carbonyl (C=O) groups is 1. The molecule has 0 radical (unpaired) electrons. The molecule has 2 aliphatic heterocycles. The first-order chi connectivity index (χ1) is 12.1. The third-order valence-corrected chi connectivity index (χ3v) is 5.92. The van der Waals surface area contributed by atoms with Crippen LogP contribution in [-0.4, -0.2) is 60.5 Å². The van der Waals surface area contributed by atoms with Crippen molar-refractivity contribution in [2.24, 2.45) is 0 Å². The van der Waals surface area contributed by atoms with Crippen LogP contribution in [0, 0.1) is 0 Å². The van der Waals surface area contributed by atoms with E-state index in [1.165, 1.54) is 0 Å². The minimum absolute atomic E-state index is 0.0448. The van der Waals surface area contributed by atoms with Crippen LogP contribution < -0.4 is 10.2 Å².